The molecule has 2 N–H and O–H groups in total. The number of aromatic nitrogens is 3. The van der Waals surface area contributed by atoms with Gasteiger partial charge in [-0.1, -0.05) is 30.3 Å². The summed E-state index contributed by atoms with van der Waals surface area (Å²) in [5, 5.41) is 9.19. The fourth-order valence-corrected chi connectivity index (χ4v) is 3.16. The third-order valence-corrected chi connectivity index (χ3v) is 5.23. The zero-order valence-electron chi connectivity index (χ0n) is 18.1. The van der Waals surface area contributed by atoms with Gasteiger partial charge in [-0.15, -0.1) is 0 Å². The standard InChI is InChI=1S/C26H25N3O3/c1-26(2,25(30)31)17-32-22-11-8-19(9-12-22)23-13-10-20(15-27-23)24-28-16-21(29-24)14-18-6-4-3-5-7-18/h3-13,15-16H,14,17H2,1-2H3,(H,28,29)(H,30,31). The maximum atomic E-state index is 11.2. The SMILES string of the molecule is CC(C)(COc1ccc(-c2ccc(-c3ncc(Cc4ccccc4)[nH]3)cn2)cc1)C(=O)O. The van der Waals surface area contributed by atoms with Gasteiger partial charge >= 0.3 is 5.97 Å². The molecule has 0 saturated heterocycles. The van der Waals surface area contributed by atoms with E-state index in [-0.39, 0.29) is 6.61 Å². The van der Waals surface area contributed by atoms with Gasteiger partial charge in [-0.25, -0.2) is 4.98 Å². The van der Waals surface area contributed by atoms with Crippen molar-refractivity contribution < 1.29 is 14.6 Å². The number of ether oxygens (including phenoxy) is 1. The Balaban J connectivity index is 1.41. The lowest BCUT2D eigenvalue weighted by Crippen LogP contribution is -2.30. The number of aliphatic carboxylic acids is 1. The van der Waals surface area contributed by atoms with Gasteiger partial charge in [-0.2, -0.15) is 0 Å². The molecule has 2 aromatic carbocycles. The van der Waals surface area contributed by atoms with Crippen molar-refractivity contribution in [2.45, 2.75) is 20.3 Å². The second-order valence-electron chi connectivity index (χ2n) is 8.35. The van der Waals surface area contributed by atoms with Gasteiger partial charge in [0.1, 0.15) is 18.2 Å². The Hall–Kier alpha value is -3.93. The molecule has 0 radical (unpaired) electrons. The average molecular weight is 428 g/mol. The lowest BCUT2D eigenvalue weighted by atomic mass is 9.95. The predicted molar refractivity (Wildman–Crippen MR) is 123 cm³/mol. The zero-order valence-corrected chi connectivity index (χ0v) is 18.1. The number of pyridine rings is 1. The van der Waals surface area contributed by atoms with E-state index in [0.717, 1.165) is 34.8 Å². The quantitative estimate of drug-likeness (QED) is 0.403. The molecule has 0 aliphatic heterocycles. The van der Waals surface area contributed by atoms with Gasteiger partial charge in [0, 0.05) is 35.6 Å². The van der Waals surface area contributed by atoms with Gasteiger partial charge in [-0.05, 0) is 55.8 Å². The molecule has 32 heavy (non-hydrogen) atoms. The van der Waals surface area contributed by atoms with Crippen LogP contribution in [0.15, 0.2) is 79.1 Å². The number of hydrogen-bond acceptors (Lipinski definition) is 4. The normalized spacial score (nSPS) is 11.3. The Bertz CT molecular complexity index is 1180. The van der Waals surface area contributed by atoms with Crippen LogP contribution in [0.5, 0.6) is 5.75 Å². The topological polar surface area (TPSA) is 88.1 Å². The molecule has 6 heteroatoms. The smallest absolute Gasteiger partial charge is 0.312 e. The fourth-order valence-electron chi connectivity index (χ4n) is 3.16. The Kier molecular flexibility index (Phi) is 6.03. The molecule has 4 aromatic rings. The van der Waals surface area contributed by atoms with E-state index in [1.54, 1.807) is 20.0 Å². The predicted octanol–water partition coefficient (Wildman–Crippen LogP) is 5.22. The zero-order chi connectivity index (χ0) is 22.6. The van der Waals surface area contributed by atoms with Crippen molar-refractivity contribution in [2.24, 2.45) is 5.41 Å². The van der Waals surface area contributed by atoms with Gasteiger partial charge in [-0.3, -0.25) is 9.78 Å². The van der Waals surface area contributed by atoms with Crippen LogP contribution >= 0.6 is 0 Å². The van der Waals surface area contributed by atoms with Gasteiger partial charge in [0.15, 0.2) is 0 Å². The highest BCUT2D eigenvalue weighted by Gasteiger charge is 2.28. The molecular formula is C26H25N3O3. The molecule has 0 atom stereocenters. The van der Waals surface area contributed by atoms with E-state index in [4.69, 9.17) is 4.74 Å². The average Bonchev–Trinajstić information content (AvgIpc) is 3.27. The third kappa shape index (κ3) is 5.03. The molecule has 2 aromatic heterocycles. The van der Waals surface area contributed by atoms with Crippen molar-refractivity contribution in [3.63, 3.8) is 0 Å². The summed E-state index contributed by atoms with van der Waals surface area (Å²) in [5.74, 6) is 0.531. The molecule has 162 valence electrons. The lowest BCUT2D eigenvalue weighted by Gasteiger charge is -2.19. The van der Waals surface area contributed by atoms with E-state index in [0.29, 0.717) is 5.75 Å². The first-order valence-electron chi connectivity index (χ1n) is 10.4. The summed E-state index contributed by atoms with van der Waals surface area (Å²) in [4.78, 5) is 23.6. The van der Waals surface area contributed by atoms with Crippen LogP contribution in [0.3, 0.4) is 0 Å². The molecule has 0 aliphatic rings. The molecule has 0 aliphatic carbocycles. The number of aromatic amines is 1. The molecule has 6 nitrogen and oxygen atoms in total. The minimum Gasteiger partial charge on any atom is -0.492 e. The van der Waals surface area contributed by atoms with Gasteiger partial charge < -0.3 is 14.8 Å². The van der Waals surface area contributed by atoms with Gasteiger partial charge in [0.25, 0.3) is 0 Å². The first-order valence-corrected chi connectivity index (χ1v) is 10.4. The Labute approximate surface area is 187 Å². The number of nitrogens with one attached hydrogen (secondary N) is 1. The molecule has 0 amide bonds. The molecule has 0 bridgehead atoms. The number of benzene rings is 2. The number of carboxylic acid groups (broad SMARTS) is 1. The minimum absolute atomic E-state index is 0.101. The van der Waals surface area contributed by atoms with E-state index in [1.165, 1.54) is 5.56 Å². The number of imidazole rings is 1. The van der Waals surface area contributed by atoms with Crippen LogP contribution < -0.4 is 4.74 Å². The van der Waals surface area contributed by atoms with Crippen molar-refractivity contribution >= 4 is 5.97 Å². The fraction of sp³-hybridized carbons (Fsp3) is 0.192. The van der Waals surface area contributed by atoms with E-state index in [2.05, 4.69) is 27.1 Å². The number of H-pyrrole nitrogens is 1. The van der Waals surface area contributed by atoms with E-state index in [1.807, 2.05) is 60.8 Å². The second kappa shape index (κ2) is 9.06. The number of hydrogen-bond donors (Lipinski definition) is 2. The minimum atomic E-state index is -0.942. The van der Waals surface area contributed by atoms with Crippen molar-refractivity contribution in [3.05, 3.63) is 90.4 Å². The van der Waals surface area contributed by atoms with Crippen molar-refractivity contribution in [1.29, 1.82) is 0 Å². The molecular weight excluding hydrogens is 402 g/mol. The van der Waals surface area contributed by atoms with Crippen LogP contribution in [0.25, 0.3) is 22.6 Å². The summed E-state index contributed by atoms with van der Waals surface area (Å²) < 4.78 is 5.63. The van der Waals surface area contributed by atoms with Crippen molar-refractivity contribution in [3.8, 4) is 28.4 Å². The highest BCUT2D eigenvalue weighted by Crippen LogP contribution is 2.25. The van der Waals surface area contributed by atoms with Crippen LogP contribution in [0, 0.1) is 5.41 Å². The Morgan fingerprint density at radius 2 is 1.66 bits per heavy atom. The third-order valence-electron chi connectivity index (χ3n) is 5.23. The summed E-state index contributed by atoms with van der Waals surface area (Å²) in [6.07, 6.45) is 4.47. The summed E-state index contributed by atoms with van der Waals surface area (Å²) in [7, 11) is 0. The van der Waals surface area contributed by atoms with Crippen molar-refractivity contribution in [2.75, 3.05) is 6.61 Å². The van der Waals surface area contributed by atoms with Crippen LogP contribution in [0.4, 0.5) is 0 Å². The van der Waals surface area contributed by atoms with Crippen LogP contribution in [0.1, 0.15) is 25.1 Å². The monoisotopic (exact) mass is 427 g/mol. The number of carbonyl (C=O) groups is 1. The number of rotatable bonds is 8. The molecule has 0 unspecified atom stereocenters. The first kappa shape index (κ1) is 21.3. The summed E-state index contributed by atoms with van der Waals surface area (Å²) in [5.41, 5.74) is 4.05. The first-order chi connectivity index (χ1) is 15.4. The molecule has 0 fully saturated rings. The summed E-state index contributed by atoms with van der Waals surface area (Å²) in [6.45, 7) is 3.38. The largest absolute Gasteiger partial charge is 0.492 e. The molecule has 4 rings (SSSR count). The van der Waals surface area contributed by atoms with Crippen LogP contribution in [-0.4, -0.2) is 32.6 Å². The molecule has 0 saturated carbocycles. The van der Waals surface area contributed by atoms with Crippen LogP contribution in [0.2, 0.25) is 0 Å². The van der Waals surface area contributed by atoms with Gasteiger partial charge in [0.05, 0.1) is 11.1 Å². The highest BCUT2D eigenvalue weighted by atomic mass is 16.5. The van der Waals surface area contributed by atoms with Crippen LogP contribution in [-0.2, 0) is 11.2 Å². The molecule has 0 spiro atoms. The van der Waals surface area contributed by atoms with E-state index in [9.17, 15) is 9.90 Å². The Morgan fingerprint density at radius 3 is 2.31 bits per heavy atom. The van der Waals surface area contributed by atoms with E-state index >= 15 is 0 Å². The Morgan fingerprint density at radius 1 is 0.938 bits per heavy atom. The summed E-state index contributed by atoms with van der Waals surface area (Å²) >= 11 is 0. The number of nitrogens with zero attached hydrogens (tertiary/aromatic N) is 2. The van der Waals surface area contributed by atoms with Crippen molar-refractivity contribution in [1.82, 2.24) is 15.0 Å². The number of carboxylic acids is 1. The lowest BCUT2D eigenvalue weighted by molar-refractivity contribution is -0.148. The maximum Gasteiger partial charge on any atom is 0.312 e. The maximum absolute atomic E-state index is 11.2. The summed E-state index contributed by atoms with van der Waals surface area (Å²) in [6, 6.07) is 21.7. The second-order valence-corrected chi connectivity index (χ2v) is 8.35. The highest BCUT2D eigenvalue weighted by molar-refractivity contribution is 5.73. The van der Waals surface area contributed by atoms with E-state index < -0.39 is 11.4 Å². The van der Waals surface area contributed by atoms with Gasteiger partial charge in [0.2, 0.25) is 0 Å². The molecule has 2 heterocycles.